The first-order chi connectivity index (χ1) is 17.2. The molecule has 0 fully saturated rings. The largest absolute Gasteiger partial charge is 0.488 e. The predicted octanol–water partition coefficient (Wildman–Crippen LogP) is 5.11. The average molecular weight is 552 g/mol. The number of hydrogen-bond acceptors (Lipinski definition) is 8. The maximum Gasteiger partial charge on any atom is 0.240 e. The number of hydrogen-bond donors (Lipinski definition) is 3. The molecule has 11 heteroatoms. The van der Waals surface area contributed by atoms with Gasteiger partial charge in [-0.1, -0.05) is 58.0 Å². The van der Waals surface area contributed by atoms with Gasteiger partial charge in [0.15, 0.2) is 0 Å². The highest BCUT2D eigenvalue weighted by Crippen LogP contribution is 2.20. The molecule has 0 saturated heterocycles. The van der Waals surface area contributed by atoms with Crippen LogP contribution in [-0.2, 0) is 11.4 Å². The summed E-state index contributed by atoms with van der Waals surface area (Å²) in [6.07, 6.45) is 3.60. The number of H-pyrrole nitrogens is 1. The molecular formula is C24H22BrN7O2S. The predicted molar refractivity (Wildman–Crippen MR) is 141 cm³/mol. The molecule has 0 aliphatic rings. The van der Waals surface area contributed by atoms with Crippen molar-refractivity contribution in [3.63, 3.8) is 0 Å². The third kappa shape index (κ3) is 7.94. The standard InChI is InChI=1S/C24H22BrN7O2S/c25-19-8-5-6-17(14-19)16-34-20-9-2-1-7-18(20)15-27-30-23-29-24(32-31-23)35-13-11-22(33)28-21-10-3-4-12-26-21/h1-10,12,14-15H,11,13,16H2,(H,26,28,33)(H2,29,30,31,32)/b27-15-. The van der Waals surface area contributed by atoms with E-state index in [2.05, 4.69) is 51.9 Å². The summed E-state index contributed by atoms with van der Waals surface area (Å²) in [5, 5.41) is 14.4. The Morgan fingerprint density at radius 2 is 2.03 bits per heavy atom. The minimum Gasteiger partial charge on any atom is -0.488 e. The minimum atomic E-state index is -0.115. The molecule has 0 atom stereocenters. The van der Waals surface area contributed by atoms with E-state index in [-0.39, 0.29) is 5.91 Å². The average Bonchev–Trinajstić information content (AvgIpc) is 3.31. The number of pyridine rings is 1. The van der Waals surface area contributed by atoms with Crippen molar-refractivity contribution in [3.8, 4) is 5.75 Å². The van der Waals surface area contributed by atoms with Crippen molar-refractivity contribution in [3.05, 3.63) is 88.5 Å². The summed E-state index contributed by atoms with van der Waals surface area (Å²) < 4.78 is 6.98. The number of nitrogens with zero attached hydrogens (tertiary/aromatic N) is 4. The Hall–Kier alpha value is -3.70. The summed E-state index contributed by atoms with van der Waals surface area (Å²) in [5.41, 5.74) is 4.71. The zero-order valence-corrected chi connectivity index (χ0v) is 20.9. The highest BCUT2D eigenvalue weighted by molar-refractivity contribution is 9.10. The van der Waals surface area contributed by atoms with Crippen LogP contribution in [0.3, 0.4) is 0 Å². The van der Waals surface area contributed by atoms with E-state index in [0.717, 1.165) is 21.3 Å². The molecule has 4 aromatic rings. The molecule has 2 heterocycles. The SMILES string of the molecule is O=C(CCSc1n[nH]c(N/N=C\c2ccccc2OCc2cccc(Br)c2)n1)Nc1ccccn1. The second kappa shape index (κ2) is 12.7. The lowest BCUT2D eigenvalue weighted by atomic mass is 10.2. The number of amides is 1. The fourth-order valence-electron chi connectivity index (χ4n) is 2.91. The van der Waals surface area contributed by atoms with Crippen molar-refractivity contribution in [2.75, 3.05) is 16.5 Å². The van der Waals surface area contributed by atoms with Gasteiger partial charge in [0.2, 0.25) is 17.0 Å². The number of ether oxygens (including phenoxy) is 1. The molecular weight excluding hydrogens is 530 g/mol. The van der Waals surface area contributed by atoms with Gasteiger partial charge in [-0.2, -0.15) is 10.1 Å². The Morgan fingerprint density at radius 3 is 2.89 bits per heavy atom. The lowest BCUT2D eigenvalue weighted by Gasteiger charge is -2.09. The molecule has 3 N–H and O–H groups in total. The van der Waals surface area contributed by atoms with Crippen LogP contribution in [0.2, 0.25) is 0 Å². The van der Waals surface area contributed by atoms with Crippen molar-refractivity contribution in [1.29, 1.82) is 0 Å². The molecule has 2 aromatic heterocycles. The number of anilines is 2. The topological polar surface area (TPSA) is 117 Å². The number of benzene rings is 2. The number of carbonyl (C=O) groups is 1. The third-order valence-electron chi connectivity index (χ3n) is 4.53. The van der Waals surface area contributed by atoms with Gasteiger partial charge in [0.1, 0.15) is 18.2 Å². The molecule has 0 saturated carbocycles. The summed E-state index contributed by atoms with van der Waals surface area (Å²) in [7, 11) is 0. The van der Waals surface area contributed by atoms with Crippen LogP contribution < -0.4 is 15.5 Å². The molecule has 0 aliphatic heterocycles. The van der Waals surface area contributed by atoms with Gasteiger partial charge in [-0.05, 0) is 42.0 Å². The molecule has 0 unspecified atom stereocenters. The van der Waals surface area contributed by atoms with E-state index in [9.17, 15) is 4.79 Å². The van der Waals surface area contributed by atoms with Gasteiger partial charge in [-0.25, -0.2) is 15.5 Å². The van der Waals surface area contributed by atoms with Crippen molar-refractivity contribution in [2.45, 2.75) is 18.2 Å². The quantitative estimate of drug-likeness (QED) is 0.135. The zero-order valence-electron chi connectivity index (χ0n) is 18.5. The van der Waals surface area contributed by atoms with Crippen molar-refractivity contribution < 1.29 is 9.53 Å². The van der Waals surface area contributed by atoms with Gasteiger partial charge >= 0.3 is 0 Å². The van der Waals surface area contributed by atoms with Crippen LogP contribution >= 0.6 is 27.7 Å². The van der Waals surface area contributed by atoms with Crippen molar-refractivity contribution in [1.82, 2.24) is 20.2 Å². The molecule has 0 aliphatic carbocycles. The molecule has 35 heavy (non-hydrogen) atoms. The van der Waals surface area contributed by atoms with Crippen LogP contribution in [0.4, 0.5) is 11.8 Å². The van der Waals surface area contributed by atoms with Gasteiger partial charge < -0.3 is 10.1 Å². The van der Waals surface area contributed by atoms with Crippen LogP contribution in [0.5, 0.6) is 5.75 Å². The van der Waals surface area contributed by atoms with Crippen LogP contribution in [0.1, 0.15) is 17.5 Å². The highest BCUT2D eigenvalue weighted by atomic mass is 79.9. The maximum absolute atomic E-state index is 12.0. The fraction of sp³-hybridized carbons (Fsp3) is 0.125. The summed E-state index contributed by atoms with van der Waals surface area (Å²) in [5.74, 6) is 2.06. The number of aromatic amines is 1. The van der Waals surface area contributed by atoms with E-state index < -0.39 is 0 Å². The third-order valence-corrected chi connectivity index (χ3v) is 5.88. The van der Waals surface area contributed by atoms with E-state index in [1.54, 1.807) is 24.5 Å². The molecule has 0 spiro atoms. The van der Waals surface area contributed by atoms with E-state index in [4.69, 9.17) is 4.74 Å². The Balaban J connectivity index is 1.24. The number of thioether (sulfide) groups is 1. The summed E-state index contributed by atoms with van der Waals surface area (Å²) >= 11 is 4.84. The van der Waals surface area contributed by atoms with Crippen LogP contribution in [0.25, 0.3) is 0 Å². The smallest absolute Gasteiger partial charge is 0.240 e. The number of halogens is 1. The van der Waals surface area contributed by atoms with Crippen molar-refractivity contribution in [2.24, 2.45) is 5.10 Å². The van der Waals surface area contributed by atoms with Gasteiger partial charge in [-0.15, -0.1) is 5.10 Å². The van der Waals surface area contributed by atoms with E-state index in [1.165, 1.54) is 11.8 Å². The van der Waals surface area contributed by atoms with Gasteiger partial charge in [0, 0.05) is 28.4 Å². The summed E-state index contributed by atoms with van der Waals surface area (Å²) in [4.78, 5) is 20.4. The fourth-order valence-corrected chi connectivity index (χ4v) is 4.09. The lowest BCUT2D eigenvalue weighted by Crippen LogP contribution is -2.13. The molecule has 4 rings (SSSR count). The van der Waals surface area contributed by atoms with Crippen molar-refractivity contribution >= 4 is 51.6 Å². The zero-order chi connectivity index (χ0) is 24.3. The molecule has 0 radical (unpaired) electrons. The first kappa shape index (κ1) is 24.4. The van der Waals surface area contributed by atoms with Crippen LogP contribution in [-0.4, -0.2) is 38.0 Å². The Bertz CT molecular complexity index is 1280. The minimum absolute atomic E-state index is 0.115. The number of hydrazone groups is 1. The first-order valence-corrected chi connectivity index (χ1v) is 12.4. The molecule has 178 valence electrons. The van der Waals surface area contributed by atoms with Gasteiger partial charge in [0.25, 0.3) is 0 Å². The van der Waals surface area contributed by atoms with Crippen LogP contribution in [0, 0.1) is 0 Å². The Labute approximate surface area is 214 Å². The maximum atomic E-state index is 12.0. The van der Waals surface area contributed by atoms with Gasteiger partial charge in [0.05, 0.1) is 6.21 Å². The summed E-state index contributed by atoms with van der Waals surface area (Å²) in [6, 6.07) is 21.0. The van der Waals surface area contributed by atoms with E-state index in [1.807, 2.05) is 54.6 Å². The van der Waals surface area contributed by atoms with E-state index in [0.29, 0.717) is 35.7 Å². The van der Waals surface area contributed by atoms with Crippen LogP contribution in [0.15, 0.2) is 87.7 Å². The Morgan fingerprint density at radius 1 is 1.14 bits per heavy atom. The summed E-state index contributed by atoms with van der Waals surface area (Å²) in [6.45, 7) is 0.445. The molecule has 1 amide bonds. The molecule has 0 bridgehead atoms. The number of nitrogens with one attached hydrogen (secondary N) is 3. The molecule has 2 aromatic carbocycles. The second-order valence-corrected chi connectivity index (χ2v) is 9.13. The normalized spacial score (nSPS) is 10.9. The second-order valence-electron chi connectivity index (χ2n) is 7.15. The van der Waals surface area contributed by atoms with Gasteiger partial charge in [-0.3, -0.25) is 4.79 Å². The number of rotatable bonds is 11. The Kier molecular flexibility index (Phi) is 8.85. The highest BCUT2D eigenvalue weighted by Gasteiger charge is 2.07. The molecule has 9 nitrogen and oxygen atoms in total. The number of carbonyl (C=O) groups excluding carboxylic acids is 1. The first-order valence-electron chi connectivity index (χ1n) is 10.7. The number of para-hydroxylation sites is 1. The monoisotopic (exact) mass is 551 g/mol. The lowest BCUT2D eigenvalue weighted by molar-refractivity contribution is -0.115. The number of aromatic nitrogens is 4. The van der Waals surface area contributed by atoms with E-state index >= 15 is 0 Å².